The second-order valence-electron chi connectivity index (χ2n) is 7.43. The van der Waals surface area contributed by atoms with E-state index in [9.17, 15) is 8.42 Å². The Balaban J connectivity index is 1.68. The Labute approximate surface area is 170 Å². The summed E-state index contributed by atoms with van der Waals surface area (Å²) in [7, 11) is -1.31. The lowest BCUT2D eigenvalue weighted by atomic mass is 10.1. The number of fused-ring (bicyclic) bond motifs is 1. The van der Waals surface area contributed by atoms with Crippen LogP contribution < -0.4 is 9.64 Å². The van der Waals surface area contributed by atoms with E-state index in [1.165, 1.54) is 16.7 Å². The Kier molecular flexibility index (Phi) is 5.14. The molecule has 0 N–H and O–H groups in total. The molecule has 2 aromatic rings. The van der Waals surface area contributed by atoms with Crippen LogP contribution in [0.3, 0.4) is 0 Å². The number of aryl methyl sites for hydroxylation is 2. The quantitative estimate of drug-likeness (QED) is 0.762. The number of thioether (sulfide) groups is 1. The fraction of sp³-hybridized carbons (Fsp3) is 0.381. The van der Waals surface area contributed by atoms with Crippen molar-refractivity contribution in [1.29, 1.82) is 0 Å². The number of rotatable bonds is 4. The minimum atomic E-state index is -2.96. The maximum Gasteiger partial charge on any atom is 0.164 e. The van der Waals surface area contributed by atoms with Gasteiger partial charge in [-0.25, -0.2) is 8.42 Å². The van der Waals surface area contributed by atoms with E-state index < -0.39 is 9.84 Å². The van der Waals surface area contributed by atoms with Gasteiger partial charge in [0.2, 0.25) is 0 Å². The summed E-state index contributed by atoms with van der Waals surface area (Å²) in [5.74, 6) is 1.18. The first-order valence-corrected chi connectivity index (χ1v) is 12.0. The van der Waals surface area contributed by atoms with Gasteiger partial charge in [-0.2, -0.15) is 0 Å². The van der Waals surface area contributed by atoms with Crippen molar-refractivity contribution in [3.63, 3.8) is 0 Å². The van der Waals surface area contributed by atoms with Crippen molar-refractivity contribution in [2.45, 2.75) is 31.7 Å². The van der Waals surface area contributed by atoms with Crippen LogP contribution >= 0.6 is 11.8 Å². The van der Waals surface area contributed by atoms with Crippen LogP contribution in [0.2, 0.25) is 0 Å². The first kappa shape index (κ1) is 19.3. The highest BCUT2D eigenvalue weighted by molar-refractivity contribution is 8.15. The zero-order valence-electron chi connectivity index (χ0n) is 16.3. The molecule has 0 spiro atoms. The molecular formula is C21H24N2O3S2. The molecular weight excluding hydrogens is 392 g/mol. The zero-order valence-corrected chi connectivity index (χ0v) is 17.9. The maximum absolute atomic E-state index is 11.9. The summed E-state index contributed by atoms with van der Waals surface area (Å²) >= 11 is 1.59. The molecule has 2 atom stereocenters. The number of aliphatic imine (C=N–C) groups is 1. The lowest BCUT2D eigenvalue weighted by Gasteiger charge is -2.26. The van der Waals surface area contributed by atoms with Gasteiger partial charge in [0.25, 0.3) is 0 Å². The molecule has 0 amide bonds. The van der Waals surface area contributed by atoms with Gasteiger partial charge in [-0.3, -0.25) is 4.99 Å². The Bertz CT molecular complexity index is 1020. The smallest absolute Gasteiger partial charge is 0.164 e. The molecule has 1 fully saturated rings. The van der Waals surface area contributed by atoms with Crippen molar-refractivity contribution < 1.29 is 13.2 Å². The van der Waals surface area contributed by atoms with E-state index in [4.69, 9.17) is 9.73 Å². The third-order valence-electron chi connectivity index (χ3n) is 5.25. The molecule has 4 rings (SSSR count). The van der Waals surface area contributed by atoms with E-state index >= 15 is 0 Å². The second-order valence-corrected chi connectivity index (χ2v) is 10.8. The van der Waals surface area contributed by atoms with E-state index in [1.807, 2.05) is 24.3 Å². The average molecular weight is 417 g/mol. The normalized spacial score (nSPS) is 22.6. The van der Waals surface area contributed by atoms with E-state index in [0.717, 1.165) is 16.6 Å². The lowest BCUT2D eigenvalue weighted by Crippen LogP contribution is -2.28. The Morgan fingerprint density at radius 3 is 2.57 bits per heavy atom. The van der Waals surface area contributed by atoms with Gasteiger partial charge < -0.3 is 9.64 Å². The summed E-state index contributed by atoms with van der Waals surface area (Å²) < 4.78 is 29.1. The fourth-order valence-corrected chi connectivity index (χ4v) is 7.42. The molecule has 0 bridgehead atoms. The summed E-state index contributed by atoms with van der Waals surface area (Å²) in [6, 6.07) is 14.3. The fourth-order valence-electron chi connectivity index (χ4n) is 3.64. The molecule has 0 aromatic heterocycles. The van der Waals surface area contributed by atoms with Crippen molar-refractivity contribution in [3.8, 4) is 5.75 Å². The van der Waals surface area contributed by atoms with Crippen LogP contribution in [0.25, 0.3) is 0 Å². The van der Waals surface area contributed by atoms with Crippen LogP contribution in [0.5, 0.6) is 5.75 Å². The number of benzene rings is 2. The number of amidine groups is 1. The number of anilines is 1. The van der Waals surface area contributed by atoms with Gasteiger partial charge in [0.1, 0.15) is 5.75 Å². The molecule has 0 aliphatic carbocycles. The third-order valence-corrected chi connectivity index (χ3v) is 8.50. The van der Waals surface area contributed by atoms with Crippen molar-refractivity contribution in [3.05, 3.63) is 59.2 Å². The standard InChI is InChI=1S/C21H24N2O3S2/c1-14-4-5-15(2)16(10-14)11-23(17-6-8-18(26-3)9-7-17)21-22-19-12-28(24,25)13-20(19)27-21/h4-10,19-20H,11-13H2,1-3H3/t19-,20+/m0/s1. The summed E-state index contributed by atoms with van der Waals surface area (Å²) in [6.07, 6.45) is 0. The molecule has 0 saturated carbocycles. The average Bonchev–Trinajstić information content (AvgIpc) is 3.16. The van der Waals surface area contributed by atoms with E-state index in [1.54, 1.807) is 18.9 Å². The van der Waals surface area contributed by atoms with Crippen LogP contribution in [0.4, 0.5) is 5.69 Å². The molecule has 0 unspecified atom stereocenters. The van der Waals surface area contributed by atoms with Gasteiger partial charge in [0.15, 0.2) is 15.0 Å². The van der Waals surface area contributed by atoms with Gasteiger partial charge in [0.05, 0.1) is 31.2 Å². The van der Waals surface area contributed by atoms with Gasteiger partial charge >= 0.3 is 0 Å². The van der Waals surface area contributed by atoms with Crippen molar-refractivity contribution in [1.82, 2.24) is 0 Å². The molecule has 2 aromatic carbocycles. The number of methoxy groups -OCH3 is 1. The van der Waals surface area contributed by atoms with Crippen LogP contribution in [-0.4, -0.2) is 43.5 Å². The third kappa shape index (κ3) is 3.91. The van der Waals surface area contributed by atoms with Crippen LogP contribution in [0, 0.1) is 13.8 Å². The molecule has 1 saturated heterocycles. The minimum Gasteiger partial charge on any atom is -0.497 e. The molecule has 2 aliphatic rings. The van der Waals surface area contributed by atoms with Crippen molar-refractivity contribution in [2.75, 3.05) is 23.5 Å². The number of hydrogen-bond acceptors (Lipinski definition) is 6. The molecule has 0 radical (unpaired) electrons. The first-order valence-electron chi connectivity index (χ1n) is 9.27. The monoisotopic (exact) mass is 416 g/mol. The molecule has 28 heavy (non-hydrogen) atoms. The van der Waals surface area contributed by atoms with Gasteiger partial charge in [-0.15, -0.1) is 0 Å². The van der Waals surface area contributed by atoms with E-state index in [-0.39, 0.29) is 22.8 Å². The largest absolute Gasteiger partial charge is 0.497 e. The second kappa shape index (κ2) is 7.44. The Morgan fingerprint density at radius 2 is 1.89 bits per heavy atom. The molecule has 148 valence electrons. The van der Waals surface area contributed by atoms with Crippen LogP contribution in [0.15, 0.2) is 47.5 Å². The van der Waals surface area contributed by atoms with Gasteiger partial charge in [-0.05, 0) is 49.2 Å². The highest BCUT2D eigenvalue weighted by Gasteiger charge is 2.44. The van der Waals surface area contributed by atoms with E-state index in [2.05, 4.69) is 36.9 Å². The number of nitrogens with zero attached hydrogens (tertiary/aromatic N) is 2. The molecule has 2 aliphatic heterocycles. The Morgan fingerprint density at radius 1 is 1.14 bits per heavy atom. The Hall–Kier alpha value is -1.99. The molecule has 5 nitrogen and oxygen atoms in total. The maximum atomic E-state index is 11.9. The zero-order chi connectivity index (χ0) is 19.9. The summed E-state index contributed by atoms with van der Waals surface area (Å²) in [6.45, 7) is 4.90. The van der Waals surface area contributed by atoms with Crippen LogP contribution in [-0.2, 0) is 16.4 Å². The van der Waals surface area contributed by atoms with Crippen molar-refractivity contribution in [2.24, 2.45) is 4.99 Å². The SMILES string of the molecule is COc1ccc(N(Cc2cc(C)ccc2C)C2=N[C@H]3CS(=O)(=O)C[C@H]3S2)cc1. The molecule has 7 heteroatoms. The number of ether oxygens (including phenoxy) is 1. The number of sulfone groups is 1. The van der Waals surface area contributed by atoms with Gasteiger partial charge in [0, 0.05) is 10.9 Å². The predicted molar refractivity (Wildman–Crippen MR) is 116 cm³/mol. The van der Waals surface area contributed by atoms with E-state index in [0.29, 0.717) is 6.54 Å². The predicted octanol–water partition coefficient (Wildman–Crippen LogP) is 3.59. The topological polar surface area (TPSA) is 59.0 Å². The summed E-state index contributed by atoms with van der Waals surface area (Å²) in [5.41, 5.74) is 4.72. The highest BCUT2D eigenvalue weighted by atomic mass is 32.2. The lowest BCUT2D eigenvalue weighted by molar-refractivity contribution is 0.415. The van der Waals surface area contributed by atoms with Crippen molar-refractivity contribution >= 4 is 32.5 Å². The molecule has 2 heterocycles. The van der Waals surface area contributed by atoms with Crippen LogP contribution in [0.1, 0.15) is 16.7 Å². The summed E-state index contributed by atoms with van der Waals surface area (Å²) in [4.78, 5) is 7.00. The number of hydrogen-bond donors (Lipinski definition) is 0. The minimum absolute atomic E-state index is 0.0272. The summed E-state index contributed by atoms with van der Waals surface area (Å²) in [5, 5.41) is 0.926. The highest BCUT2D eigenvalue weighted by Crippen LogP contribution is 2.37. The first-order chi connectivity index (χ1) is 13.3. The van der Waals surface area contributed by atoms with Gasteiger partial charge in [-0.1, -0.05) is 35.5 Å².